The molecule has 1 atom stereocenters. The van der Waals surface area contributed by atoms with Gasteiger partial charge in [0, 0.05) is 29.4 Å². The maximum Gasteiger partial charge on any atom is 0.0702 e. The Morgan fingerprint density at radius 2 is 2.16 bits per heavy atom. The molecule has 0 bridgehead atoms. The molecule has 1 heterocycles. The topological polar surface area (TPSA) is 23.5 Å². The largest absolute Gasteiger partial charge is 0.392 e. The fourth-order valence-electron chi connectivity index (χ4n) is 3.09. The molecular formula is C16H24ClNO. The second-order valence-electron chi connectivity index (χ2n) is 5.50. The minimum absolute atomic E-state index is 0.0603. The third kappa shape index (κ3) is 3.87. The van der Waals surface area contributed by atoms with Gasteiger partial charge >= 0.3 is 0 Å². The van der Waals surface area contributed by atoms with Crippen molar-refractivity contribution < 1.29 is 5.11 Å². The second-order valence-corrected chi connectivity index (χ2v) is 5.94. The van der Waals surface area contributed by atoms with Crippen molar-refractivity contribution in [1.29, 1.82) is 0 Å². The van der Waals surface area contributed by atoms with Crippen LogP contribution in [0.15, 0.2) is 18.2 Å². The van der Waals surface area contributed by atoms with Gasteiger partial charge in [0.15, 0.2) is 0 Å². The lowest BCUT2D eigenvalue weighted by Gasteiger charge is -2.25. The smallest absolute Gasteiger partial charge is 0.0702 e. The number of hydrogen-bond acceptors (Lipinski definition) is 2. The summed E-state index contributed by atoms with van der Waals surface area (Å²) in [7, 11) is 0. The Labute approximate surface area is 121 Å². The van der Waals surface area contributed by atoms with Crippen LogP contribution >= 0.6 is 11.6 Å². The van der Waals surface area contributed by atoms with E-state index in [2.05, 4.69) is 11.8 Å². The van der Waals surface area contributed by atoms with E-state index in [-0.39, 0.29) is 6.61 Å². The Hall–Kier alpha value is -0.730. The van der Waals surface area contributed by atoms with Crippen LogP contribution in [-0.2, 0) is 6.61 Å². The van der Waals surface area contributed by atoms with Crippen LogP contribution in [0.2, 0.25) is 5.02 Å². The molecule has 106 valence electrons. The van der Waals surface area contributed by atoms with E-state index in [1.54, 1.807) is 0 Å². The first-order valence-corrected chi connectivity index (χ1v) is 7.76. The average Bonchev–Trinajstić information content (AvgIpc) is 2.65. The fourth-order valence-corrected chi connectivity index (χ4v) is 3.29. The first-order valence-electron chi connectivity index (χ1n) is 7.38. The van der Waals surface area contributed by atoms with Gasteiger partial charge < -0.3 is 10.0 Å². The van der Waals surface area contributed by atoms with E-state index >= 15 is 0 Å². The predicted octanol–water partition coefficient (Wildman–Crippen LogP) is 4.24. The summed E-state index contributed by atoms with van der Waals surface area (Å²) >= 11 is 6.00. The Bertz CT molecular complexity index is 408. The first-order chi connectivity index (χ1) is 9.24. The quantitative estimate of drug-likeness (QED) is 0.892. The molecule has 1 aliphatic heterocycles. The maximum absolute atomic E-state index is 9.49. The van der Waals surface area contributed by atoms with Crippen molar-refractivity contribution >= 4 is 17.3 Å². The second kappa shape index (κ2) is 7.16. The molecule has 0 radical (unpaired) electrons. The van der Waals surface area contributed by atoms with Crippen molar-refractivity contribution in [2.24, 2.45) is 5.92 Å². The predicted molar refractivity (Wildman–Crippen MR) is 81.8 cm³/mol. The molecule has 1 aromatic carbocycles. The number of halogens is 1. The van der Waals surface area contributed by atoms with Crippen LogP contribution in [0.3, 0.4) is 0 Å². The van der Waals surface area contributed by atoms with Gasteiger partial charge in [0.1, 0.15) is 0 Å². The molecule has 1 unspecified atom stereocenters. The SMILES string of the molecule is CCCC1CCCN(c2ccc(Cl)cc2CO)CC1. The number of aliphatic hydroxyl groups is 1. The van der Waals surface area contributed by atoms with Gasteiger partial charge in [-0.1, -0.05) is 31.4 Å². The molecule has 1 aliphatic rings. The highest BCUT2D eigenvalue weighted by molar-refractivity contribution is 6.30. The van der Waals surface area contributed by atoms with Crippen LogP contribution in [0.5, 0.6) is 0 Å². The molecule has 3 heteroatoms. The molecule has 1 aromatic rings. The Morgan fingerprint density at radius 1 is 1.32 bits per heavy atom. The highest BCUT2D eigenvalue weighted by Gasteiger charge is 2.18. The third-order valence-corrected chi connectivity index (χ3v) is 4.33. The van der Waals surface area contributed by atoms with Crippen molar-refractivity contribution in [3.05, 3.63) is 28.8 Å². The zero-order chi connectivity index (χ0) is 13.7. The van der Waals surface area contributed by atoms with Gasteiger partial charge in [-0.3, -0.25) is 0 Å². The van der Waals surface area contributed by atoms with Crippen molar-refractivity contribution in [2.45, 2.75) is 45.6 Å². The van der Waals surface area contributed by atoms with Crippen LogP contribution < -0.4 is 4.90 Å². The maximum atomic E-state index is 9.49. The summed E-state index contributed by atoms with van der Waals surface area (Å²) in [5.74, 6) is 0.875. The summed E-state index contributed by atoms with van der Waals surface area (Å²) in [6.07, 6.45) is 6.49. The van der Waals surface area contributed by atoms with E-state index < -0.39 is 0 Å². The monoisotopic (exact) mass is 281 g/mol. The highest BCUT2D eigenvalue weighted by Crippen LogP contribution is 2.29. The molecule has 1 fully saturated rings. The summed E-state index contributed by atoms with van der Waals surface area (Å²) in [6.45, 7) is 4.52. The zero-order valence-electron chi connectivity index (χ0n) is 11.7. The Morgan fingerprint density at radius 3 is 2.89 bits per heavy atom. The lowest BCUT2D eigenvalue weighted by Crippen LogP contribution is -2.25. The standard InChI is InChI=1S/C16H24ClNO/c1-2-4-13-5-3-9-18(10-8-13)16-7-6-15(17)11-14(16)12-19/h6-7,11,13,19H,2-5,8-10,12H2,1H3. The van der Waals surface area contributed by atoms with Gasteiger partial charge in [-0.15, -0.1) is 0 Å². The summed E-state index contributed by atoms with van der Waals surface area (Å²) in [5.41, 5.74) is 2.10. The lowest BCUT2D eigenvalue weighted by atomic mass is 9.96. The summed E-state index contributed by atoms with van der Waals surface area (Å²) in [5, 5.41) is 10.2. The minimum atomic E-state index is 0.0603. The number of benzene rings is 1. The average molecular weight is 282 g/mol. The van der Waals surface area contributed by atoms with Gasteiger partial charge in [0.05, 0.1) is 6.61 Å². The van der Waals surface area contributed by atoms with E-state index in [4.69, 9.17) is 11.6 Å². The van der Waals surface area contributed by atoms with E-state index in [1.165, 1.54) is 32.1 Å². The van der Waals surface area contributed by atoms with Crippen LogP contribution in [0.1, 0.15) is 44.6 Å². The van der Waals surface area contributed by atoms with E-state index in [1.807, 2.05) is 18.2 Å². The number of aliphatic hydroxyl groups excluding tert-OH is 1. The third-order valence-electron chi connectivity index (χ3n) is 4.10. The van der Waals surface area contributed by atoms with Crippen LogP contribution in [-0.4, -0.2) is 18.2 Å². The molecule has 0 aliphatic carbocycles. The molecule has 0 saturated carbocycles. The van der Waals surface area contributed by atoms with Crippen LogP contribution in [0, 0.1) is 5.92 Å². The Balaban J connectivity index is 2.09. The zero-order valence-corrected chi connectivity index (χ0v) is 12.5. The first kappa shape index (κ1) is 14.7. The van der Waals surface area contributed by atoms with Crippen LogP contribution in [0.25, 0.3) is 0 Å². The van der Waals surface area contributed by atoms with Gasteiger partial charge in [-0.05, 0) is 43.4 Å². The van der Waals surface area contributed by atoms with Gasteiger partial charge in [0.2, 0.25) is 0 Å². The molecule has 2 rings (SSSR count). The van der Waals surface area contributed by atoms with E-state index in [0.717, 1.165) is 30.3 Å². The number of hydrogen-bond donors (Lipinski definition) is 1. The van der Waals surface area contributed by atoms with E-state index in [0.29, 0.717) is 5.02 Å². The minimum Gasteiger partial charge on any atom is -0.392 e. The number of nitrogens with zero attached hydrogens (tertiary/aromatic N) is 1. The normalized spacial score (nSPS) is 20.4. The number of rotatable bonds is 4. The molecule has 1 N–H and O–H groups in total. The molecule has 0 spiro atoms. The van der Waals surface area contributed by atoms with Crippen molar-refractivity contribution in [3.63, 3.8) is 0 Å². The van der Waals surface area contributed by atoms with Crippen molar-refractivity contribution in [2.75, 3.05) is 18.0 Å². The summed E-state index contributed by atoms with van der Waals surface area (Å²) < 4.78 is 0. The number of anilines is 1. The Kier molecular flexibility index (Phi) is 5.53. The molecular weight excluding hydrogens is 258 g/mol. The highest BCUT2D eigenvalue weighted by atomic mass is 35.5. The molecule has 2 nitrogen and oxygen atoms in total. The molecule has 0 aromatic heterocycles. The summed E-state index contributed by atoms with van der Waals surface area (Å²) in [6, 6.07) is 5.85. The molecule has 1 saturated heterocycles. The van der Waals surface area contributed by atoms with Crippen molar-refractivity contribution in [3.8, 4) is 0 Å². The van der Waals surface area contributed by atoms with Gasteiger partial charge in [-0.25, -0.2) is 0 Å². The fraction of sp³-hybridized carbons (Fsp3) is 0.625. The van der Waals surface area contributed by atoms with Crippen LogP contribution in [0.4, 0.5) is 5.69 Å². The van der Waals surface area contributed by atoms with E-state index in [9.17, 15) is 5.11 Å². The van der Waals surface area contributed by atoms with Gasteiger partial charge in [-0.2, -0.15) is 0 Å². The molecule has 19 heavy (non-hydrogen) atoms. The lowest BCUT2D eigenvalue weighted by molar-refractivity contribution is 0.282. The summed E-state index contributed by atoms with van der Waals surface area (Å²) in [4.78, 5) is 2.41. The van der Waals surface area contributed by atoms with Gasteiger partial charge in [0.25, 0.3) is 0 Å². The van der Waals surface area contributed by atoms with Crippen molar-refractivity contribution in [1.82, 2.24) is 0 Å². The molecule has 0 amide bonds.